The third-order valence-corrected chi connectivity index (χ3v) is 6.95. The molecule has 0 saturated heterocycles. The van der Waals surface area contributed by atoms with Gasteiger partial charge in [0.2, 0.25) is 0 Å². The Kier molecular flexibility index (Phi) is 7.22. The van der Waals surface area contributed by atoms with Crippen LogP contribution in [0.2, 0.25) is 0 Å². The average molecular weight is 495 g/mol. The van der Waals surface area contributed by atoms with Gasteiger partial charge in [0.15, 0.2) is 14.7 Å². The predicted molar refractivity (Wildman–Crippen MR) is 125 cm³/mol. The molecule has 0 radical (unpaired) electrons. The highest BCUT2D eigenvalue weighted by atomic mass is 32.2. The zero-order valence-corrected chi connectivity index (χ0v) is 18.9. The van der Waals surface area contributed by atoms with Crippen molar-refractivity contribution in [3.8, 4) is 11.5 Å². The lowest BCUT2D eigenvalue weighted by atomic mass is 10.2. The van der Waals surface area contributed by atoms with E-state index in [1.807, 2.05) is 66.7 Å². The molecule has 0 aromatic heterocycles. The van der Waals surface area contributed by atoms with Crippen LogP contribution in [0.4, 0.5) is 13.2 Å². The predicted octanol–water partition coefficient (Wildman–Crippen LogP) is 6.47. The van der Waals surface area contributed by atoms with E-state index in [0.717, 1.165) is 26.8 Å². The molecular weight excluding hydrogens is 477 g/mol. The number of esters is 2. The molecule has 0 aliphatic heterocycles. The molecule has 35 heavy (non-hydrogen) atoms. The molecule has 4 rings (SSSR count). The molecule has 0 aliphatic rings. The molecule has 0 atom stereocenters. The van der Waals surface area contributed by atoms with Crippen molar-refractivity contribution in [3.63, 3.8) is 0 Å². The molecule has 0 fully saturated rings. The molecule has 176 valence electrons. The highest BCUT2D eigenvalue weighted by Gasteiger charge is 2.41. The van der Waals surface area contributed by atoms with Gasteiger partial charge in [0.05, 0.1) is 16.5 Å². The van der Waals surface area contributed by atoms with Crippen LogP contribution in [0.15, 0.2) is 124 Å². The summed E-state index contributed by atoms with van der Waals surface area (Å²) in [4.78, 5) is 26.8. The fourth-order valence-corrected chi connectivity index (χ4v) is 5.31. The minimum Gasteiger partial charge on any atom is -0.423 e. The van der Waals surface area contributed by atoms with Gasteiger partial charge in [-0.1, -0.05) is 42.5 Å². The van der Waals surface area contributed by atoms with Gasteiger partial charge in [-0.2, -0.15) is 13.2 Å². The summed E-state index contributed by atoms with van der Waals surface area (Å²) in [5, 5.41) is 0. The molecule has 4 aromatic carbocycles. The van der Waals surface area contributed by atoms with Crippen LogP contribution >= 0.6 is 0 Å². The number of hydrogen-bond acceptors (Lipinski definition) is 4. The summed E-state index contributed by atoms with van der Waals surface area (Å²) < 4.78 is 46.6. The molecule has 0 unspecified atom stereocenters. The highest BCUT2D eigenvalue weighted by molar-refractivity contribution is 7.97. The standard InChI is InChI=1S/C27H18F3O4S/c28-27(29,30)26(32)34-21-16-14-20(15-17-21)33-25(31)19-8-7-13-24(18-19)35(22-9-3-1-4-10-22)23-11-5-2-6-12-23/h1-18H/q+1. The molecule has 0 saturated carbocycles. The van der Waals surface area contributed by atoms with Crippen molar-refractivity contribution < 1.29 is 32.2 Å². The number of carbonyl (C=O) groups excluding carboxylic acids is 2. The molecule has 0 heterocycles. The first-order chi connectivity index (χ1) is 16.8. The lowest BCUT2D eigenvalue weighted by molar-refractivity contribution is -0.189. The fraction of sp³-hybridized carbons (Fsp3) is 0.0370. The molecule has 0 aliphatic carbocycles. The van der Waals surface area contributed by atoms with Gasteiger partial charge in [0, 0.05) is 6.07 Å². The normalized spacial score (nSPS) is 11.2. The lowest BCUT2D eigenvalue weighted by Gasteiger charge is -2.10. The van der Waals surface area contributed by atoms with Crippen molar-refractivity contribution in [1.82, 2.24) is 0 Å². The van der Waals surface area contributed by atoms with Crippen molar-refractivity contribution in [2.45, 2.75) is 20.9 Å². The van der Waals surface area contributed by atoms with E-state index in [0.29, 0.717) is 5.56 Å². The number of alkyl halides is 3. The summed E-state index contributed by atoms with van der Waals surface area (Å²) in [6.45, 7) is 0. The molecule has 4 nitrogen and oxygen atoms in total. The van der Waals surface area contributed by atoms with Gasteiger partial charge in [0.25, 0.3) is 0 Å². The van der Waals surface area contributed by atoms with Crippen molar-refractivity contribution in [2.75, 3.05) is 0 Å². The number of halogens is 3. The minimum absolute atomic E-state index is 0.0947. The first kappa shape index (κ1) is 24.1. The largest absolute Gasteiger partial charge is 0.491 e. The van der Waals surface area contributed by atoms with E-state index in [1.165, 1.54) is 12.1 Å². The number of carbonyl (C=O) groups is 2. The van der Waals surface area contributed by atoms with Crippen LogP contribution in [-0.2, 0) is 15.7 Å². The van der Waals surface area contributed by atoms with Crippen molar-refractivity contribution in [1.29, 1.82) is 0 Å². The Labute approximate surface area is 202 Å². The molecular formula is C27H18F3O4S+. The zero-order valence-electron chi connectivity index (χ0n) is 18.1. The summed E-state index contributed by atoms with van der Waals surface area (Å²) in [7, 11) is -0.452. The first-order valence-corrected chi connectivity index (χ1v) is 11.6. The van der Waals surface area contributed by atoms with E-state index in [4.69, 9.17) is 4.74 Å². The van der Waals surface area contributed by atoms with Crippen LogP contribution in [0.3, 0.4) is 0 Å². The van der Waals surface area contributed by atoms with Crippen molar-refractivity contribution in [2.24, 2.45) is 0 Å². The number of ether oxygens (including phenoxy) is 2. The summed E-state index contributed by atoms with van der Waals surface area (Å²) in [5.41, 5.74) is 0.319. The lowest BCUT2D eigenvalue weighted by Crippen LogP contribution is -2.27. The molecule has 0 bridgehead atoms. The summed E-state index contributed by atoms with van der Waals surface area (Å²) >= 11 is 0. The zero-order chi connectivity index (χ0) is 24.8. The van der Waals surface area contributed by atoms with Gasteiger partial charge >= 0.3 is 18.1 Å². The highest BCUT2D eigenvalue weighted by Crippen LogP contribution is 2.31. The maximum atomic E-state index is 12.8. The molecule has 4 aromatic rings. The molecule has 0 N–H and O–H groups in total. The van der Waals surface area contributed by atoms with Gasteiger partial charge in [-0.15, -0.1) is 0 Å². The number of benzene rings is 4. The second-order valence-electron chi connectivity index (χ2n) is 7.21. The molecule has 0 spiro atoms. The van der Waals surface area contributed by atoms with Crippen LogP contribution in [0.25, 0.3) is 0 Å². The summed E-state index contributed by atoms with van der Waals surface area (Å²) in [5.74, 6) is -3.18. The van der Waals surface area contributed by atoms with Gasteiger partial charge in [-0.05, 0) is 60.7 Å². The van der Waals surface area contributed by atoms with Crippen LogP contribution in [0, 0.1) is 0 Å². The second-order valence-corrected chi connectivity index (χ2v) is 9.23. The monoisotopic (exact) mass is 495 g/mol. The second kappa shape index (κ2) is 10.5. The van der Waals surface area contributed by atoms with Gasteiger partial charge in [-0.3, -0.25) is 0 Å². The van der Waals surface area contributed by atoms with Crippen molar-refractivity contribution in [3.05, 3.63) is 115 Å². The topological polar surface area (TPSA) is 52.6 Å². The van der Waals surface area contributed by atoms with E-state index in [2.05, 4.69) is 4.74 Å². The minimum atomic E-state index is -5.10. The Morgan fingerprint density at radius 2 is 1.09 bits per heavy atom. The van der Waals surface area contributed by atoms with Crippen molar-refractivity contribution >= 4 is 22.8 Å². The Bertz CT molecular complexity index is 1270. The number of hydrogen-bond donors (Lipinski definition) is 0. The third-order valence-electron chi connectivity index (χ3n) is 4.74. The van der Waals surface area contributed by atoms with Gasteiger partial charge in [-0.25, -0.2) is 9.59 Å². The third kappa shape index (κ3) is 6.10. The molecule has 8 heteroatoms. The van der Waals surface area contributed by atoms with Crippen LogP contribution < -0.4 is 9.47 Å². The Morgan fingerprint density at radius 1 is 0.600 bits per heavy atom. The average Bonchev–Trinajstić information content (AvgIpc) is 2.86. The summed E-state index contributed by atoms with van der Waals surface area (Å²) in [6.07, 6.45) is -5.10. The first-order valence-electron chi connectivity index (χ1n) is 10.4. The fourth-order valence-electron chi connectivity index (χ4n) is 3.18. The van der Waals surface area contributed by atoms with Crippen LogP contribution in [0.1, 0.15) is 10.4 Å². The van der Waals surface area contributed by atoms with E-state index in [9.17, 15) is 22.8 Å². The van der Waals surface area contributed by atoms with Crippen LogP contribution in [-0.4, -0.2) is 18.1 Å². The maximum Gasteiger partial charge on any atom is 0.491 e. The summed E-state index contributed by atoms with van der Waals surface area (Å²) in [6, 6.07) is 31.7. The Balaban J connectivity index is 1.54. The number of rotatable bonds is 6. The van der Waals surface area contributed by atoms with Gasteiger partial charge in [0.1, 0.15) is 11.5 Å². The Hall–Kier alpha value is -4.04. The van der Waals surface area contributed by atoms with E-state index < -0.39 is 29.0 Å². The van der Waals surface area contributed by atoms with E-state index in [1.54, 1.807) is 18.2 Å². The molecule has 0 amide bonds. The van der Waals surface area contributed by atoms with Gasteiger partial charge < -0.3 is 9.47 Å². The SMILES string of the molecule is O=C(Oc1ccc(OC(=O)C(F)(F)F)cc1)c1cccc([S+](c2ccccc2)c2ccccc2)c1. The van der Waals surface area contributed by atoms with E-state index >= 15 is 0 Å². The Morgan fingerprint density at radius 3 is 1.60 bits per heavy atom. The maximum absolute atomic E-state index is 12.8. The van der Waals surface area contributed by atoms with E-state index in [-0.39, 0.29) is 11.5 Å². The smallest absolute Gasteiger partial charge is 0.423 e. The van der Waals surface area contributed by atoms with Crippen LogP contribution in [0.5, 0.6) is 11.5 Å². The quantitative estimate of drug-likeness (QED) is 0.175.